The van der Waals surface area contributed by atoms with Crippen molar-refractivity contribution < 1.29 is 15.3 Å². The van der Waals surface area contributed by atoms with Crippen LogP contribution in [0, 0.1) is 6.92 Å². The highest BCUT2D eigenvalue weighted by Crippen LogP contribution is 2.43. The first kappa shape index (κ1) is 25.8. The molecule has 0 fully saturated rings. The monoisotopic (exact) mass is 524 g/mol. The maximum absolute atomic E-state index is 10.2. The molecule has 0 aliphatic heterocycles. The number of phenols is 1. The van der Waals surface area contributed by atoms with Crippen LogP contribution >= 0.6 is 0 Å². The summed E-state index contributed by atoms with van der Waals surface area (Å²) in [7, 11) is 0. The molecule has 3 N–H and O–H groups in total. The molecule has 0 aliphatic carbocycles. The van der Waals surface area contributed by atoms with Crippen LogP contribution in [-0.4, -0.2) is 15.3 Å². The molecule has 0 aromatic heterocycles. The molecular formula is C37H32O3. The quantitative estimate of drug-likeness (QED) is 0.185. The van der Waals surface area contributed by atoms with E-state index in [0.29, 0.717) is 11.1 Å². The number of benzene rings is 6. The lowest BCUT2D eigenvalue weighted by Crippen LogP contribution is -1.98. The Labute approximate surface area is 234 Å². The second kappa shape index (κ2) is 11.0. The Balaban J connectivity index is 1.39. The van der Waals surface area contributed by atoms with E-state index in [9.17, 15) is 15.3 Å². The van der Waals surface area contributed by atoms with Crippen LogP contribution < -0.4 is 0 Å². The molecule has 40 heavy (non-hydrogen) atoms. The molecule has 3 heteroatoms. The normalized spacial score (nSPS) is 11.4. The third-order valence-corrected chi connectivity index (χ3v) is 7.88. The highest BCUT2D eigenvalue weighted by atomic mass is 16.3. The Bertz CT molecular complexity index is 1730. The highest BCUT2D eigenvalue weighted by molar-refractivity contribution is 6.21. The van der Waals surface area contributed by atoms with Gasteiger partial charge in [0, 0.05) is 11.1 Å². The van der Waals surface area contributed by atoms with E-state index in [-0.39, 0.29) is 19.0 Å². The predicted octanol–water partition coefficient (Wildman–Crippen LogP) is 8.11. The van der Waals surface area contributed by atoms with Crippen molar-refractivity contribution in [3.63, 3.8) is 0 Å². The smallest absolute Gasteiger partial charge is 0.126 e. The number of fused-ring (bicyclic) bond motifs is 2. The summed E-state index contributed by atoms with van der Waals surface area (Å²) < 4.78 is 0. The van der Waals surface area contributed by atoms with Gasteiger partial charge in [0.25, 0.3) is 0 Å². The summed E-state index contributed by atoms with van der Waals surface area (Å²) in [5, 5.41) is 34.3. The average Bonchev–Trinajstić information content (AvgIpc) is 3.00. The fourth-order valence-electron chi connectivity index (χ4n) is 5.81. The van der Waals surface area contributed by atoms with Crippen molar-refractivity contribution in [2.45, 2.75) is 33.0 Å². The second-order valence-corrected chi connectivity index (χ2v) is 10.5. The molecule has 0 amide bonds. The van der Waals surface area contributed by atoms with Gasteiger partial charge in [-0.05, 0) is 86.8 Å². The van der Waals surface area contributed by atoms with Crippen molar-refractivity contribution >= 4 is 21.5 Å². The zero-order valence-electron chi connectivity index (χ0n) is 22.6. The molecule has 0 atom stereocenters. The topological polar surface area (TPSA) is 60.7 Å². The van der Waals surface area contributed by atoms with Crippen molar-refractivity contribution in [1.82, 2.24) is 0 Å². The molecule has 0 radical (unpaired) electrons. The molecule has 0 heterocycles. The molecule has 198 valence electrons. The summed E-state index contributed by atoms with van der Waals surface area (Å²) >= 11 is 0. The van der Waals surface area contributed by atoms with E-state index < -0.39 is 0 Å². The minimum absolute atomic E-state index is 0.0223. The molecule has 0 saturated heterocycles. The summed E-state index contributed by atoms with van der Waals surface area (Å²) in [5.74, 6) is -0.0223. The van der Waals surface area contributed by atoms with Gasteiger partial charge in [0.2, 0.25) is 0 Å². The summed E-state index contributed by atoms with van der Waals surface area (Å²) in [6.07, 6.45) is 1.56. The van der Waals surface area contributed by atoms with Crippen molar-refractivity contribution in [3.05, 3.63) is 137 Å². The predicted molar refractivity (Wildman–Crippen MR) is 164 cm³/mol. The van der Waals surface area contributed by atoms with Gasteiger partial charge in [0.05, 0.1) is 13.2 Å². The number of hydrogen-bond acceptors (Lipinski definition) is 3. The maximum Gasteiger partial charge on any atom is 0.126 e. The fraction of sp³-hybridized carbons (Fsp3) is 0.135. The Hall–Kier alpha value is -4.44. The molecule has 0 bridgehead atoms. The highest BCUT2D eigenvalue weighted by Gasteiger charge is 2.16. The van der Waals surface area contributed by atoms with Gasteiger partial charge in [-0.3, -0.25) is 0 Å². The summed E-state index contributed by atoms with van der Waals surface area (Å²) in [4.78, 5) is 0. The lowest BCUT2D eigenvalue weighted by molar-refractivity contribution is 0.263. The molecular weight excluding hydrogens is 492 g/mol. The third kappa shape index (κ3) is 4.75. The van der Waals surface area contributed by atoms with Crippen LogP contribution in [-0.2, 0) is 26.1 Å². The molecule has 6 aromatic rings. The zero-order chi connectivity index (χ0) is 27.6. The van der Waals surface area contributed by atoms with E-state index in [4.69, 9.17) is 0 Å². The largest absolute Gasteiger partial charge is 0.507 e. The SMILES string of the molecule is Cc1ccc(-c2c3ccccc3c(-c3ccc(CCc4cc(CO)c(O)c(CO)c4)cc3)c3ccccc23)cc1. The standard InChI is InChI=1S/C37H32O3/c1-24-10-16-27(17-11-24)35-31-6-2-4-8-33(31)36(34-9-5-3-7-32(34)35)28-18-14-25(15-19-28)12-13-26-20-29(22-38)37(40)30(21-26)23-39/h2-11,14-21,38-40H,12-13,22-23H2,1H3. The molecule has 0 unspecified atom stereocenters. The molecule has 3 nitrogen and oxygen atoms in total. The van der Waals surface area contributed by atoms with Gasteiger partial charge in [0.15, 0.2) is 0 Å². The van der Waals surface area contributed by atoms with Crippen LogP contribution in [0.25, 0.3) is 43.8 Å². The molecule has 0 saturated carbocycles. The minimum Gasteiger partial charge on any atom is -0.507 e. The lowest BCUT2D eigenvalue weighted by atomic mass is 9.85. The summed E-state index contributed by atoms with van der Waals surface area (Å²) in [5.41, 5.74) is 9.26. The Morgan fingerprint density at radius 2 is 0.900 bits per heavy atom. The van der Waals surface area contributed by atoms with Crippen LogP contribution in [0.2, 0.25) is 0 Å². The van der Waals surface area contributed by atoms with E-state index in [1.807, 2.05) is 12.1 Å². The first-order chi connectivity index (χ1) is 19.6. The van der Waals surface area contributed by atoms with Gasteiger partial charge in [-0.2, -0.15) is 0 Å². The minimum atomic E-state index is -0.258. The van der Waals surface area contributed by atoms with Crippen LogP contribution in [0.3, 0.4) is 0 Å². The van der Waals surface area contributed by atoms with Crippen LogP contribution in [0.1, 0.15) is 27.8 Å². The van der Waals surface area contributed by atoms with Crippen LogP contribution in [0.15, 0.2) is 109 Å². The van der Waals surface area contributed by atoms with E-state index in [0.717, 1.165) is 18.4 Å². The van der Waals surface area contributed by atoms with Crippen molar-refractivity contribution in [3.8, 4) is 28.0 Å². The number of rotatable bonds is 7. The molecule has 0 spiro atoms. The fourth-order valence-corrected chi connectivity index (χ4v) is 5.81. The van der Waals surface area contributed by atoms with Crippen LogP contribution in [0.5, 0.6) is 5.75 Å². The maximum atomic E-state index is 10.2. The van der Waals surface area contributed by atoms with Gasteiger partial charge in [0.1, 0.15) is 5.75 Å². The summed E-state index contributed by atoms with van der Waals surface area (Å²) in [6.45, 7) is 1.61. The van der Waals surface area contributed by atoms with Gasteiger partial charge in [-0.15, -0.1) is 0 Å². The van der Waals surface area contributed by atoms with Gasteiger partial charge in [-0.25, -0.2) is 0 Å². The first-order valence-electron chi connectivity index (χ1n) is 13.7. The van der Waals surface area contributed by atoms with Crippen molar-refractivity contribution in [1.29, 1.82) is 0 Å². The molecule has 6 rings (SSSR count). The Morgan fingerprint density at radius 3 is 1.32 bits per heavy atom. The lowest BCUT2D eigenvalue weighted by Gasteiger charge is -2.18. The first-order valence-corrected chi connectivity index (χ1v) is 13.7. The van der Waals surface area contributed by atoms with E-state index in [1.54, 1.807) is 0 Å². The van der Waals surface area contributed by atoms with Crippen molar-refractivity contribution in [2.75, 3.05) is 0 Å². The van der Waals surface area contributed by atoms with E-state index in [1.165, 1.54) is 54.9 Å². The number of aromatic hydroxyl groups is 1. The molecule has 6 aromatic carbocycles. The van der Waals surface area contributed by atoms with Gasteiger partial charge in [-0.1, -0.05) is 103 Å². The van der Waals surface area contributed by atoms with Gasteiger partial charge >= 0.3 is 0 Å². The Morgan fingerprint density at radius 1 is 0.500 bits per heavy atom. The zero-order valence-corrected chi connectivity index (χ0v) is 22.6. The van der Waals surface area contributed by atoms with E-state index in [2.05, 4.69) is 104 Å². The average molecular weight is 525 g/mol. The Kier molecular flexibility index (Phi) is 7.08. The number of aliphatic hydroxyl groups is 2. The van der Waals surface area contributed by atoms with Crippen molar-refractivity contribution in [2.24, 2.45) is 0 Å². The third-order valence-electron chi connectivity index (χ3n) is 7.88. The molecule has 0 aliphatic rings. The second-order valence-electron chi connectivity index (χ2n) is 10.5. The number of aliphatic hydroxyl groups excluding tert-OH is 2. The summed E-state index contributed by atoms with van der Waals surface area (Å²) in [6, 6.07) is 38.6. The van der Waals surface area contributed by atoms with E-state index >= 15 is 0 Å². The van der Waals surface area contributed by atoms with Crippen LogP contribution in [0.4, 0.5) is 0 Å². The number of hydrogen-bond donors (Lipinski definition) is 3. The van der Waals surface area contributed by atoms with Gasteiger partial charge < -0.3 is 15.3 Å². The number of aryl methyl sites for hydroxylation is 3.